The number of carbonyl (C=O) groups is 1. The number of nitro groups is 1. The third-order valence-electron chi connectivity index (χ3n) is 2.58. The van der Waals surface area contributed by atoms with Crippen molar-refractivity contribution in [2.75, 3.05) is 6.61 Å². The Morgan fingerprint density at radius 1 is 1.52 bits per heavy atom. The maximum atomic E-state index is 11.7. The number of aromatic nitrogens is 2. The Bertz CT molecular complexity index is 727. The van der Waals surface area contributed by atoms with Crippen LogP contribution in [0.5, 0.6) is 0 Å². The topological polar surface area (TPSA) is 119 Å². The number of fused-ring (bicyclic) bond motifs is 1. The third kappa shape index (κ3) is 3.36. The molecular weight excluding hydrogens is 307 g/mol. The van der Waals surface area contributed by atoms with Crippen molar-refractivity contribution >= 4 is 34.4 Å². The molecule has 0 aliphatic rings. The Kier molecular flexibility index (Phi) is 6.17. The summed E-state index contributed by atoms with van der Waals surface area (Å²) >= 11 is 0.786. The summed E-state index contributed by atoms with van der Waals surface area (Å²) in [4.78, 5) is 22.0. The average molecular weight is 315 g/mol. The molecule has 0 saturated heterocycles. The zero-order valence-corrected chi connectivity index (χ0v) is 14.1. The number of nitriles is 1. The second-order valence-corrected chi connectivity index (χ2v) is 4.24. The number of ether oxygens (including phenoxy) is 1. The summed E-state index contributed by atoms with van der Waals surface area (Å²) in [5, 5.41) is 20.0. The van der Waals surface area contributed by atoms with E-state index in [1.54, 1.807) is 6.92 Å². The van der Waals surface area contributed by atoms with Crippen molar-refractivity contribution in [3.63, 3.8) is 0 Å². The van der Waals surface area contributed by atoms with Crippen LogP contribution >= 0.6 is 11.7 Å². The first kappa shape index (κ1) is 17.5. The van der Waals surface area contributed by atoms with Gasteiger partial charge in [-0.2, -0.15) is 14.0 Å². The minimum Gasteiger partial charge on any atom is -0.465 e. The summed E-state index contributed by atoms with van der Waals surface area (Å²) in [6, 6.07) is 4.38. The average Bonchev–Trinajstić information content (AvgIpc) is 2.88. The van der Waals surface area contributed by atoms with Gasteiger partial charge in [0, 0.05) is 11.6 Å². The van der Waals surface area contributed by atoms with Gasteiger partial charge in [0.1, 0.15) is 5.52 Å². The molecular formula is C11H8N4NaO4S+. The Morgan fingerprint density at radius 2 is 2.19 bits per heavy atom. The standard InChI is InChI=1S/C11H8N4O4S.Na/c1-2-19-11(16)7(5-12)6-3-4-8(15(17)18)10-9(6)13-20-14-10;/h3-4,7H,2H2,1H3;/q;+1. The molecule has 0 fully saturated rings. The molecule has 1 heterocycles. The molecule has 0 aliphatic heterocycles. The van der Waals surface area contributed by atoms with E-state index in [1.807, 2.05) is 6.07 Å². The van der Waals surface area contributed by atoms with Gasteiger partial charge >= 0.3 is 35.5 Å². The van der Waals surface area contributed by atoms with Crippen LogP contribution in [0, 0.1) is 21.4 Å². The molecule has 0 spiro atoms. The molecule has 8 nitrogen and oxygen atoms in total. The van der Waals surface area contributed by atoms with Crippen molar-refractivity contribution in [2.24, 2.45) is 0 Å². The fraction of sp³-hybridized carbons (Fsp3) is 0.273. The smallest absolute Gasteiger partial charge is 0.465 e. The zero-order chi connectivity index (χ0) is 14.7. The quantitative estimate of drug-likeness (QED) is 0.300. The number of benzene rings is 1. The molecule has 2 rings (SSSR count). The molecule has 0 saturated carbocycles. The van der Waals surface area contributed by atoms with Gasteiger partial charge in [-0.3, -0.25) is 14.9 Å². The summed E-state index contributed by atoms with van der Waals surface area (Å²) in [7, 11) is 0. The number of hydrogen-bond acceptors (Lipinski definition) is 8. The minimum absolute atomic E-state index is 0. The van der Waals surface area contributed by atoms with Gasteiger partial charge in [-0.05, 0) is 13.0 Å². The van der Waals surface area contributed by atoms with Crippen LogP contribution in [-0.4, -0.2) is 26.2 Å². The van der Waals surface area contributed by atoms with E-state index in [0.29, 0.717) is 0 Å². The molecule has 1 unspecified atom stereocenters. The van der Waals surface area contributed by atoms with Gasteiger partial charge in [0.2, 0.25) is 0 Å². The number of nitro benzene ring substituents is 1. The fourth-order valence-corrected chi connectivity index (χ4v) is 2.30. The number of hydrogen-bond donors (Lipinski definition) is 0. The van der Waals surface area contributed by atoms with Crippen LogP contribution in [0.15, 0.2) is 12.1 Å². The molecule has 0 N–H and O–H groups in total. The minimum atomic E-state index is -1.18. The molecule has 1 aromatic carbocycles. The van der Waals surface area contributed by atoms with Crippen molar-refractivity contribution in [1.82, 2.24) is 8.75 Å². The Labute approximate surface area is 145 Å². The van der Waals surface area contributed by atoms with Gasteiger partial charge in [0.05, 0.1) is 29.3 Å². The summed E-state index contributed by atoms with van der Waals surface area (Å²) < 4.78 is 12.6. The number of nitrogens with zero attached hydrogens (tertiary/aromatic N) is 4. The van der Waals surface area contributed by atoms with E-state index in [1.165, 1.54) is 12.1 Å². The molecule has 102 valence electrons. The molecule has 21 heavy (non-hydrogen) atoms. The maximum absolute atomic E-state index is 11.7. The van der Waals surface area contributed by atoms with Crippen LogP contribution < -0.4 is 29.6 Å². The number of non-ortho nitro benzene ring substituents is 1. The van der Waals surface area contributed by atoms with Crippen molar-refractivity contribution in [3.05, 3.63) is 27.8 Å². The van der Waals surface area contributed by atoms with Gasteiger partial charge < -0.3 is 4.74 Å². The number of rotatable bonds is 4. The Morgan fingerprint density at radius 3 is 2.76 bits per heavy atom. The summed E-state index contributed by atoms with van der Waals surface area (Å²) in [5.74, 6) is -1.89. The molecule has 0 radical (unpaired) electrons. The van der Waals surface area contributed by atoms with E-state index in [4.69, 9.17) is 10.00 Å². The molecule has 10 heteroatoms. The monoisotopic (exact) mass is 315 g/mol. The largest absolute Gasteiger partial charge is 1.00 e. The van der Waals surface area contributed by atoms with E-state index < -0.39 is 16.8 Å². The fourth-order valence-electron chi connectivity index (χ4n) is 1.73. The Hall–Kier alpha value is -1.60. The molecule has 0 amide bonds. The summed E-state index contributed by atoms with van der Waals surface area (Å²) in [6.45, 7) is 1.77. The zero-order valence-electron chi connectivity index (χ0n) is 11.3. The van der Waals surface area contributed by atoms with Crippen LogP contribution in [-0.2, 0) is 9.53 Å². The third-order valence-corrected chi connectivity index (χ3v) is 3.11. The van der Waals surface area contributed by atoms with Gasteiger partial charge in [0.15, 0.2) is 11.4 Å². The second-order valence-electron chi connectivity index (χ2n) is 3.71. The van der Waals surface area contributed by atoms with Crippen LogP contribution in [0.2, 0.25) is 0 Å². The van der Waals surface area contributed by atoms with Crippen molar-refractivity contribution in [1.29, 1.82) is 5.26 Å². The van der Waals surface area contributed by atoms with E-state index in [2.05, 4.69) is 8.75 Å². The summed E-state index contributed by atoms with van der Waals surface area (Å²) in [6.07, 6.45) is 0. The molecule has 1 aromatic heterocycles. The number of esters is 1. The van der Waals surface area contributed by atoms with Gasteiger partial charge in [-0.25, -0.2) is 0 Å². The number of carbonyl (C=O) groups excluding carboxylic acids is 1. The summed E-state index contributed by atoms with van der Waals surface area (Å²) in [5.41, 5.74) is 0.309. The van der Waals surface area contributed by atoms with E-state index in [-0.39, 0.29) is 58.4 Å². The van der Waals surface area contributed by atoms with Gasteiger partial charge in [0.25, 0.3) is 5.69 Å². The molecule has 1 atom stereocenters. The molecule has 0 aliphatic carbocycles. The SMILES string of the molecule is CCOC(=O)C(C#N)c1ccc([N+](=O)[O-])c2nsnc12.[Na+]. The molecule has 2 aromatic rings. The van der Waals surface area contributed by atoms with E-state index >= 15 is 0 Å². The van der Waals surface area contributed by atoms with Crippen LogP contribution in [0.1, 0.15) is 18.4 Å². The van der Waals surface area contributed by atoms with Crippen LogP contribution in [0.3, 0.4) is 0 Å². The van der Waals surface area contributed by atoms with Crippen molar-refractivity contribution in [2.45, 2.75) is 12.8 Å². The molecule has 0 bridgehead atoms. The predicted octanol–water partition coefficient (Wildman–Crippen LogP) is -1.23. The van der Waals surface area contributed by atoms with Crippen LogP contribution in [0.4, 0.5) is 5.69 Å². The first-order chi connectivity index (χ1) is 9.60. The van der Waals surface area contributed by atoms with Gasteiger partial charge in [-0.1, -0.05) is 0 Å². The predicted molar refractivity (Wildman–Crippen MR) is 69.1 cm³/mol. The first-order valence-electron chi connectivity index (χ1n) is 5.56. The van der Waals surface area contributed by atoms with E-state index in [0.717, 1.165) is 11.7 Å². The van der Waals surface area contributed by atoms with Gasteiger partial charge in [-0.15, -0.1) is 0 Å². The maximum Gasteiger partial charge on any atom is 1.00 e. The van der Waals surface area contributed by atoms with Crippen molar-refractivity contribution in [3.8, 4) is 6.07 Å². The van der Waals surface area contributed by atoms with E-state index in [9.17, 15) is 14.9 Å². The first-order valence-corrected chi connectivity index (χ1v) is 6.29. The van der Waals surface area contributed by atoms with Crippen LogP contribution in [0.25, 0.3) is 11.0 Å². The normalized spacial score (nSPS) is 11.2. The second kappa shape index (κ2) is 7.42. The Balaban J connectivity index is 0.00000220. The van der Waals surface area contributed by atoms with Crippen molar-refractivity contribution < 1.29 is 44.0 Å².